The van der Waals surface area contributed by atoms with E-state index in [9.17, 15) is 4.79 Å². The van der Waals surface area contributed by atoms with Gasteiger partial charge in [0.2, 0.25) is 0 Å². The molecule has 9 heteroatoms. The van der Waals surface area contributed by atoms with Gasteiger partial charge >= 0.3 is 20.9 Å². The Bertz CT molecular complexity index is 564. The van der Waals surface area contributed by atoms with Crippen LogP contribution in [0.2, 0.25) is 0 Å². The quantitative estimate of drug-likeness (QED) is 0.786. The number of aromatic nitrogens is 2. The van der Waals surface area contributed by atoms with Gasteiger partial charge in [0.1, 0.15) is 0 Å². The third kappa shape index (κ3) is 4.16. The Morgan fingerprint density at radius 3 is 2.35 bits per heavy atom. The third-order valence-electron chi connectivity index (χ3n) is 3.87. The molecule has 1 aliphatic heterocycles. The maximum Gasteiger partial charge on any atom is 0.576 e. The second-order valence-corrected chi connectivity index (χ2v) is 7.52. The van der Waals surface area contributed by atoms with Gasteiger partial charge in [-0.2, -0.15) is 9.78 Å². The Kier molecular flexibility index (Phi) is 4.67. The van der Waals surface area contributed by atoms with Gasteiger partial charge in [0, 0.05) is 23.5 Å². The minimum absolute atomic E-state index is 0.432. The largest absolute Gasteiger partial charge is 0.576 e. The van der Waals surface area contributed by atoms with E-state index in [0.29, 0.717) is 5.46 Å². The predicted molar refractivity (Wildman–Crippen MR) is 86.4 cm³/mol. The first-order chi connectivity index (χ1) is 10.4. The van der Waals surface area contributed by atoms with Crippen LogP contribution >= 0.6 is 0 Å². The van der Waals surface area contributed by atoms with Gasteiger partial charge in [-0.3, -0.25) is 0 Å². The van der Waals surface area contributed by atoms with Crippen LogP contribution < -0.4 is 5.46 Å². The number of nitrogens with zero attached hydrogens (tertiary/aromatic N) is 2. The molecule has 23 heavy (non-hydrogen) atoms. The van der Waals surface area contributed by atoms with E-state index in [0.717, 1.165) is 12.4 Å². The molecule has 0 aromatic carbocycles. The van der Waals surface area contributed by atoms with Crippen LogP contribution in [0.4, 0.5) is 4.79 Å². The fourth-order valence-corrected chi connectivity index (χ4v) is 1.80. The summed E-state index contributed by atoms with van der Waals surface area (Å²) in [5.74, 6) is 0. The third-order valence-corrected chi connectivity index (χ3v) is 3.87. The van der Waals surface area contributed by atoms with Crippen molar-refractivity contribution >= 4 is 26.4 Å². The molecule has 1 saturated heterocycles. The van der Waals surface area contributed by atoms with Crippen molar-refractivity contribution in [2.75, 3.05) is 0 Å². The van der Waals surface area contributed by atoms with E-state index >= 15 is 0 Å². The minimum atomic E-state index is -0.669. The molecule has 0 amide bonds. The first kappa shape index (κ1) is 18.0. The van der Waals surface area contributed by atoms with Crippen molar-refractivity contribution in [1.82, 2.24) is 9.78 Å². The molecule has 0 aliphatic carbocycles. The highest BCUT2D eigenvalue weighted by Crippen LogP contribution is 2.36. The number of hydrogen-bond donors (Lipinski definition) is 0. The zero-order valence-corrected chi connectivity index (χ0v) is 14.7. The highest BCUT2D eigenvalue weighted by Gasteiger charge is 2.52. The first-order valence-corrected chi connectivity index (χ1v) is 7.52. The summed E-state index contributed by atoms with van der Waals surface area (Å²) in [4.78, 5) is 11.9. The fraction of sp³-hybridized carbons (Fsp3) is 0.714. The molecule has 0 atom stereocenters. The monoisotopic (exact) mass is 321 g/mol. The van der Waals surface area contributed by atoms with E-state index in [1.807, 2.05) is 48.5 Å². The Hall–Kier alpha value is -1.31. The highest BCUT2D eigenvalue weighted by atomic mass is 16.7. The number of rotatable bonds is 3. The summed E-state index contributed by atoms with van der Waals surface area (Å²) in [6.45, 7) is 13.4. The van der Waals surface area contributed by atoms with Crippen molar-refractivity contribution in [3.63, 3.8) is 0 Å². The van der Waals surface area contributed by atoms with E-state index in [4.69, 9.17) is 18.6 Å². The topological polar surface area (TPSA) is 71.8 Å². The first-order valence-electron chi connectivity index (χ1n) is 7.52. The molecule has 1 aromatic heterocycles. The lowest BCUT2D eigenvalue weighted by atomic mass is 9.82. The van der Waals surface area contributed by atoms with Crippen molar-refractivity contribution in [2.45, 2.75) is 65.3 Å². The lowest BCUT2D eigenvalue weighted by Crippen LogP contribution is -2.41. The smallest absolute Gasteiger partial charge is 0.492 e. The van der Waals surface area contributed by atoms with Gasteiger partial charge in [-0.05, 0) is 48.5 Å². The molecule has 1 aliphatic rings. The standard InChI is InChI=1S/C14H23B2N2O5/c1-12(2,3)21-15-20-11(19)18-9-10(8-17-18)16-22-13(4,5)14(6,7)23-16/h8-9H,1-7H3. The maximum absolute atomic E-state index is 11.9. The lowest BCUT2D eigenvalue weighted by molar-refractivity contribution is 0.00578. The fourth-order valence-electron chi connectivity index (χ4n) is 1.80. The van der Waals surface area contributed by atoms with Gasteiger partial charge in [-0.25, -0.2) is 4.79 Å². The Balaban J connectivity index is 1.97. The molecular weight excluding hydrogens is 298 g/mol. The normalized spacial score (nSPS) is 19.7. The minimum Gasteiger partial charge on any atom is -0.492 e. The summed E-state index contributed by atoms with van der Waals surface area (Å²) < 4.78 is 23.0. The average Bonchev–Trinajstić information content (AvgIpc) is 2.91. The van der Waals surface area contributed by atoms with Gasteiger partial charge in [-0.15, -0.1) is 0 Å². The molecule has 1 aromatic rings. The summed E-state index contributed by atoms with van der Waals surface area (Å²) in [5, 5.41) is 3.98. The van der Waals surface area contributed by atoms with Crippen molar-refractivity contribution < 1.29 is 23.4 Å². The van der Waals surface area contributed by atoms with Gasteiger partial charge in [0.05, 0.1) is 11.2 Å². The van der Waals surface area contributed by atoms with Gasteiger partial charge in [0.25, 0.3) is 0 Å². The van der Waals surface area contributed by atoms with E-state index < -0.39 is 30.0 Å². The molecule has 1 radical (unpaired) electrons. The Morgan fingerprint density at radius 2 is 1.83 bits per heavy atom. The average molecular weight is 321 g/mol. The summed E-state index contributed by atoms with van der Waals surface area (Å²) in [7, 11) is 0.440. The Labute approximate surface area is 138 Å². The van der Waals surface area contributed by atoms with E-state index in [1.54, 1.807) is 0 Å². The van der Waals surface area contributed by atoms with E-state index in [-0.39, 0.29) is 0 Å². The summed E-state index contributed by atoms with van der Waals surface area (Å²) in [5.41, 5.74) is -0.682. The lowest BCUT2D eigenvalue weighted by Gasteiger charge is -2.32. The number of carbonyl (C=O) groups excluding carboxylic acids is 1. The van der Waals surface area contributed by atoms with Crippen molar-refractivity contribution in [3.8, 4) is 0 Å². The predicted octanol–water partition coefficient (Wildman–Crippen LogP) is 1.52. The summed E-state index contributed by atoms with van der Waals surface area (Å²) >= 11 is 0. The molecular formula is C14H23B2N2O5. The van der Waals surface area contributed by atoms with Crippen LogP contribution in [0.5, 0.6) is 0 Å². The van der Waals surface area contributed by atoms with Crippen LogP contribution in [-0.4, -0.2) is 47.5 Å². The Morgan fingerprint density at radius 1 is 1.26 bits per heavy atom. The van der Waals surface area contributed by atoms with Crippen molar-refractivity contribution in [1.29, 1.82) is 0 Å². The van der Waals surface area contributed by atoms with E-state index in [2.05, 4.69) is 5.10 Å². The summed E-state index contributed by atoms with van der Waals surface area (Å²) in [6, 6.07) is 0. The molecule has 2 rings (SSSR count). The second-order valence-electron chi connectivity index (χ2n) is 7.52. The van der Waals surface area contributed by atoms with Crippen molar-refractivity contribution in [2.24, 2.45) is 0 Å². The molecule has 1 fully saturated rings. The molecule has 0 spiro atoms. The molecule has 0 N–H and O–H groups in total. The van der Waals surface area contributed by atoms with Crippen LogP contribution in [0.1, 0.15) is 48.5 Å². The molecule has 0 saturated carbocycles. The zero-order chi connectivity index (χ0) is 17.5. The van der Waals surface area contributed by atoms with Crippen LogP contribution in [-0.2, 0) is 18.6 Å². The van der Waals surface area contributed by atoms with Gasteiger partial charge in [0.15, 0.2) is 0 Å². The molecule has 7 nitrogen and oxygen atoms in total. The van der Waals surface area contributed by atoms with Crippen LogP contribution in [0.15, 0.2) is 12.4 Å². The molecule has 0 bridgehead atoms. The van der Waals surface area contributed by atoms with Crippen LogP contribution in [0, 0.1) is 0 Å². The van der Waals surface area contributed by atoms with Crippen LogP contribution in [0.25, 0.3) is 0 Å². The summed E-state index contributed by atoms with van der Waals surface area (Å²) in [6.07, 6.45) is 2.38. The number of hydrogen-bond acceptors (Lipinski definition) is 6. The van der Waals surface area contributed by atoms with E-state index in [1.165, 1.54) is 12.4 Å². The zero-order valence-electron chi connectivity index (χ0n) is 14.7. The van der Waals surface area contributed by atoms with Crippen molar-refractivity contribution in [3.05, 3.63) is 12.4 Å². The maximum atomic E-state index is 11.9. The van der Waals surface area contributed by atoms with Gasteiger partial charge in [-0.1, -0.05) is 0 Å². The molecule has 0 unspecified atom stereocenters. The number of carbonyl (C=O) groups is 1. The SMILES string of the molecule is CC(C)(C)O[B]OC(=O)n1cc(B2OC(C)(C)C(C)(C)O2)cn1. The second kappa shape index (κ2) is 5.96. The molecule has 2 heterocycles. The molecule has 125 valence electrons. The van der Waals surface area contributed by atoms with Gasteiger partial charge < -0.3 is 18.6 Å². The van der Waals surface area contributed by atoms with Crippen LogP contribution in [0.3, 0.4) is 0 Å². The highest BCUT2D eigenvalue weighted by molar-refractivity contribution is 6.62.